The number of nitrogens with one attached hydrogen (secondary N) is 1. The van der Waals surface area contributed by atoms with Crippen LogP contribution in [0.4, 0.5) is 5.69 Å². The third-order valence-corrected chi connectivity index (χ3v) is 2.26. The molecule has 0 saturated heterocycles. The minimum atomic E-state index is -0.440. The van der Waals surface area contributed by atoms with Crippen molar-refractivity contribution in [3.63, 3.8) is 0 Å². The Kier molecular flexibility index (Phi) is 2.74. The average Bonchev–Trinajstić information content (AvgIpc) is 2.29. The second-order valence-corrected chi connectivity index (χ2v) is 3.53. The highest BCUT2D eigenvalue weighted by molar-refractivity contribution is 7.71. The van der Waals surface area contributed by atoms with E-state index >= 15 is 0 Å². The van der Waals surface area contributed by atoms with Crippen molar-refractivity contribution in [3.05, 3.63) is 51.3 Å². The highest BCUT2D eigenvalue weighted by Gasteiger charge is 2.05. The van der Waals surface area contributed by atoms with E-state index in [1.807, 2.05) is 0 Å². The smallest absolute Gasteiger partial charge is 0.269 e. The number of rotatable bonds is 2. The predicted molar refractivity (Wildman–Crippen MR) is 61.5 cm³/mol. The van der Waals surface area contributed by atoms with E-state index in [1.165, 1.54) is 12.1 Å². The van der Waals surface area contributed by atoms with Crippen LogP contribution < -0.4 is 0 Å². The van der Waals surface area contributed by atoms with Crippen LogP contribution in [0.15, 0.2) is 36.5 Å². The van der Waals surface area contributed by atoms with E-state index in [4.69, 9.17) is 12.2 Å². The predicted octanol–water partition coefficient (Wildman–Crippen LogP) is 2.71. The van der Waals surface area contributed by atoms with Gasteiger partial charge in [-0.25, -0.2) is 4.98 Å². The second kappa shape index (κ2) is 4.19. The lowest BCUT2D eigenvalue weighted by Gasteiger charge is -1.99. The molecule has 1 N–H and O–H groups in total. The van der Waals surface area contributed by atoms with Crippen molar-refractivity contribution >= 4 is 17.9 Å². The summed E-state index contributed by atoms with van der Waals surface area (Å²) in [5, 5.41) is 10.5. The molecule has 0 atom stereocenters. The molecule has 0 aliphatic heterocycles. The first-order valence-corrected chi connectivity index (χ1v) is 4.88. The van der Waals surface area contributed by atoms with Crippen molar-refractivity contribution < 1.29 is 4.92 Å². The van der Waals surface area contributed by atoms with Gasteiger partial charge in [0, 0.05) is 23.9 Å². The number of hydrogen-bond acceptors (Lipinski definition) is 4. The largest absolute Gasteiger partial charge is 0.331 e. The van der Waals surface area contributed by atoms with Crippen molar-refractivity contribution in [2.24, 2.45) is 0 Å². The molecule has 2 rings (SSSR count). The van der Waals surface area contributed by atoms with E-state index in [0.29, 0.717) is 10.5 Å². The summed E-state index contributed by atoms with van der Waals surface area (Å²) in [7, 11) is 0. The Morgan fingerprint density at radius 1 is 1.25 bits per heavy atom. The van der Waals surface area contributed by atoms with Crippen LogP contribution in [0.25, 0.3) is 11.4 Å². The van der Waals surface area contributed by atoms with Gasteiger partial charge in [0.1, 0.15) is 10.5 Å². The minimum absolute atomic E-state index is 0.0540. The van der Waals surface area contributed by atoms with E-state index in [1.54, 1.807) is 24.4 Å². The summed E-state index contributed by atoms with van der Waals surface area (Å²) in [4.78, 5) is 17.0. The summed E-state index contributed by atoms with van der Waals surface area (Å²) in [6.45, 7) is 0. The lowest BCUT2D eigenvalue weighted by Crippen LogP contribution is -1.90. The van der Waals surface area contributed by atoms with Crippen LogP contribution in [0, 0.1) is 14.8 Å². The van der Waals surface area contributed by atoms with Gasteiger partial charge in [0.05, 0.1) is 4.92 Å². The normalized spacial score (nSPS) is 10.0. The summed E-state index contributed by atoms with van der Waals surface area (Å²) in [6.07, 6.45) is 1.59. The van der Waals surface area contributed by atoms with Crippen molar-refractivity contribution in [1.82, 2.24) is 9.97 Å². The van der Waals surface area contributed by atoms with Crippen LogP contribution in [0.1, 0.15) is 0 Å². The Hall–Kier alpha value is -2.08. The van der Waals surface area contributed by atoms with Gasteiger partial charge < -0.3 is 4.98 Å². The molecule has 0 aliphatic carbocycles. The number of benzene rings is 1. The highest BCUT2D eigenvalue weighted by atomic mass is 32.1. The summed E-state index contributed by atoms with van der Waals surface area (Å²) in [5.74, 6) is 0.599. The van der Waals surface area contributed by atoms with Gasteiger partial charge in [0.2, 0.25) is 0 Å². The summed E-state index contributed by atoms with van der Waals surface area (Å²) in [6, 6.07) is 7.80. The maximum atomic E-state index is 10.5. The lowest BCUT2D eigenvalue weighted by atomic mass is 10.2. The molecule has 1 aromatic carbocycles. The zero-order valence-electron chi connectivity index (χ0n) is 8.08. The Bertz CT molecular complexity index is 577. The highest BCUT2D eigenvalue weighted by Crippen LogP contribution is 2.18. The number of nitro benzene ring substituents is 1. The fraction of sp³-hybridized carbons (Fsp3) is 0. The van der Waals surface area contributed by atoms with Crippen molar-refractivity contribution in [2.45, 2.75) is 0 Å². The molecule has 80 valence electrons. The van der Waals surface area contributed by atoms with E-state index < -0.39 is 4.92 Å². The van der Waals surface area contributed by atoms with Gasteiger partial charge >= 0.3 is 0 Å². The number of aromatic amines is 1. The van der Waals surface area contributed by atoms with Crippen LogP contribution in [-0.4, -0.2) is 14.9 Å². The summed E-state index contributed by atoms with van der Waals surface area (Å²) < 4.78 is 0.573. The van der Waals surface area contributed by atoms with E-state index in [2.05, 4.69) is 9.97 Å². The van der Waals surface area contributed by atoms with E-state index in [9.17, 15) is 10.1 Å². The number of H-pyrrole nitrogens is 1. The fourth-order valence-electron chi connectivity index (χ4n) is 1.26. The standard InChI is InChI=1S/C10H7N3O2S/c14-13(15)8-3-1-7(2-4-8)10-11-6-5-9(16)12-10/h1-6H,(H,11,12,16). The third-order valence-electron chi connectivity index (χ3n) is 2.02. The number of hydrogen-bond donors (Lipinski definition) is 1. The number of nitrogens with zero attached hydrogens (tertiary/aromatic N) is 2. The molecule has 0 spiro atoms. The monoisotopic (exact) mass is 233 g/mol. The summed E-state index contributed by atoms with van der Waals surface area (Å²) in [5.41, 5.74) is 0.815. The maximum absolute atomic E-state index is 10.5. The second-order valence-electron chi connectivity index (χ2n) is 3.09. The van der Waals surface area contributed by atoms with Gasteiger partial charge in [-0.15, -0.1) is 0 Å². The molecule has 0 saturated carbocycles. The number of nitro groups is 1. The first kappa shape index (κ1) is 10.4. The molecule has 1 aromatic heterocycles. The Morgan fingerprint density at radius 2 is 1.94 bits per heavy atom. The van der Waals surface area contributed by atoms with Crippen molar-refractivity contribution in [1.29, 1.82) is 0 Å². The molecule has 0 bridgehead atoms. The van der Waals surface area contributed by atoms with Gasteiger partial charge in [-0.3, -0.25) is 10.1 Å². The quantitative estimate of drug-likeness (QED) is 0.491. The van der Waals surface area contributed by atoms with Gasteiger partial charge in [-0.05, 0) is 18.2 Å². The molecule has 0 unspecified atom stereocenters. The van der Waals surface area contributed by atoms with E-state index in [0.717, 1.165) is 5.56 Å². The molecule has 0 radical (unpaired) electrons. The molecule has 5 nitrogen and oxygen atoms in total. The zero-order chi connectivity index (χ0) is 11.5. The van der Waals surface area contributed by atoms with Gasteiger partial charge in [0.25, 0.3) is 5.69 Å². The van der Waals surface area contributed by atoms with Crippen LogP contribution in [0.2, 0.25) is 0 Å². The zero-order valence-corrected chi connectivity index (χ0v) is 8.90. The van der Waals surface area contributed by atoms with Crippen LogP contribution >= 0.6 is 12.2 Å². The Balaban J connectivity index is 2.42. The maximum Gasteiger partial charge on any atom is 0.269 e. The Morgan fingerprint density at radius 3 is 2.50 bits per heavy atom. The Labute approximate surface area is 95.9 Å². The molecule has 6 heteroatoms. The molecular weight excluding hydrogens is 226 g/mol. The van der Waals surface area contributed by atoms with Crippen molar-refractivity contribution in [3.8, 4) is 11.4 Å². The molecule has 1 heterocycles. The van der Waals surface area contributed by atoms with Crippen LogP contribution in [0.5, 0.6) is 0 Å². The van der Waals surface area contributed by atoms with Crippen LogP contribution in [0.3, 0.4) is 0 Å². The average molecular weight is 233 g/mol. The summed E-state index contributed by atoms with van der Waals surface area (Å²) >= 11 is 4.96. The molecule has 0 aliphatic rings. The van der Waals surface area contributed by atoms with E-state index in [-0.39, 0.29) is 5.69 Å². The molecule has 2 aromatic rings. The van der Waals surface area contributed by atoms with Crippen LogP contribution in [-0.2, 0) is 0 Å². The van der Waals surface area contributed by atoms with Gasteiger partial charge in [-0.2, -0.15) is 0 Å². The third kappa shape index (κ3) is 2.12. The lowest BCUT2D eigenvalue weighted by molar-refractivity contribution is -0.384. The van der Waals surface area contributed by atoms with Crippen molar-refractivity contribution in [2.75, 3.05) is 0 Å². The van der Waals surface area contributed by atoms with Gasteiger partial charge in [-0.1, -0.05) is 12.2 Å². The number of aromatic nitrogens is 2. The molecule has 0 amide bonds. The van der Waals surface area contributed by atoms with Gasteiger partial charge in [0.15, 0.2) is 0 Å². The fourth-order valence-corrected chi connectivity index (χ4v) is 1.42. The number of non-ortho nitro benzene ring substituents is 1. The first-order chi connectivity index (χ1) is 7.66. The molecule has 0 fully saturated rings. The SMILES string of the molecule is O=[N+]([O-])c1ccc(-c2nccc(=S)[nH]2)cc1. The minimum Gasteiger partial charge on any atom is -0.331 e. The first-order valence-electron chi connectivity index (χ1n) is 4.47. The molecule has 16 heavy (non-hydrogen) atoms. The molecular formula is C10H7N3O2S. The topological polar surface area (TPSA) is 71.8 Å².